The molecule has 146 valence electrons. The van der Waals surface area contributed by atoms with E-state index in [-0.39, 0.29) is 11.7 Å². The first-order chi connectivity index (χ1) is 14.2. The lowest BCUT2D eigenvalue weighted by molar-refractivity contribution is 0.0786. The molecule has 1 saturated heterocycles. The standard InChI is InChI=1S/C25H23NO3/c1-29-21-13-11-18(12-14-21)20-15-16-26(17-20)25(28)23-10-6-5-9-22(23)24(27)19-7-3-2-4-8-19/h2-14,20H,15-17H2,1H3. The van der Waals surface area contributed by atoms with Crippen LogP contribution in [0.25, 0.3) is 0 Å². The van der Waals surface area contributed by atoms with Crippen molar-refractivity contribution >= 4 is 11.7 Å². The Balaban J connectivity index is 1.54. The minimum absolute atomic E-state index is 0.0825. The minimum atomic E-state index is -0.125. The number of carbonyl (C=O) groups excluding carboxylic acids is 2. The molecule has 4 nitrogen and oxygen atoms in total. The van der Waals surface area contributed by atoms with Gasteiger partial charge < -0.3 is 9.64 Å². The summed E-state index contributed by atoms with van der Waals surface area (Å²) in [5, 5.41) is 0. The van der Waals surface area contributed by atoms with Crippen LogP contribution in [-0.2, 0) is 0 Å². The smallest absolute Gasteiger partial charge is 0.254 e. The number of rotatable bonds is 5. The third-order valence-corrected chi connectivity index (χ3v) is 5.50. The first-order valence-corrected chi connectivity index (χ1v) is 9.79. The van der Waals surface area contributed by atoms with Crippen molar-refractivity contribution in [2.24, 2.45) is 0 Å². The summed E-state index contributed by atoms with van der Waals surface area (Å²) < 4.78 is 5.22. The lowest BCUT2D eigenvalue weighted by Gasteiger charge is -2.18. The monoisotopic (exact) mass is 385 g/mol. The van der Waals surface area contributed by atoms with Crippen LogP contribution in [0.5, 0.6) is 5.75 Å². The highest BCUT2D eigenvalue weighted by atomic mass is 16.5. The second kappa shape index (κ2) is 8.31. The highest BCUT2D eigenvalue weighted by molar-refractivity contribution is 6.15. The Kier molecular flexibility index (Phi) is 5.43. The molecule has 1 fully saturated rings. The van der Waals surface area contributed by atoms with Gasteiger partial charge in [-0.15, -0.1) is 0 Å². The Morgan fingerprint density at radius 2 is 1.52 bits per heavy atom. The van der Waals surface area contributed by atoms with Crippen molar-refractivity contribution in [1.82, 2.24) is 4.90 Å². The Labute approximate surface area is 170 Å². The number of methoxy groups -OCH3 is 1. The van der Waals surface area contributed by atoms with Crippen molar-refractivity contribution in [3.8, 4) is 5.75 Å². The first-order valence-electron chi connectivity index (χ1n) is 9.79. The van der Waals surface area contributed by atoms with E-state index in [2.05, 4.69) is 12.1 Å². The molecule has 0 saturated carbocycles. The summed E-state index contributed by atoms with van der Waals surface area (Å²) in [5.74, 6) is 0.913. The molecule has 4 rings (SSSR count). The first kappa shape index (κ1) is 18.9. The largest absolute Gasteiger partial charge is 0.497 e. The molecule has 4 heteroatoms. The summed E-state index contributed by atoms with van der Waals surface area (Å²) in [7, 11) is 1.65. The second-order valence-electron chi connectivity index (χ2n) is 7.25. The Hall–Kier alpha value is -3.40. The molecule has 0 N–H and O–H groups in total. The molecular weight excluding hydrogens is 362 g/mol. The number of nitrogens with zero attached hydrogens (tertiary/aromatic N) is 1. The van der Waals surface area contributed by atoms with Gasteiger partial charge in [0.1, 0.15) is 5.75 Å². The average molecular weight is 385 g/mol. The summed E-state index contributed by atoms with van der Waals surface area (Å²) in [4.78, 5) is 28.0. The molecule has 3 aromatic carbocycles. The maximum absolute atomic E-state index is 13.2. The number of carbonyl (C=O) groups is 2. The number of benzene rings is 3. The molecule has 3 aromatic rings. The normalized spacial score (nSPS) is 15.9. The van der Waals surface area contributed by atoms with E-state index in [1.54, 1.807) is 37.4 Å². The van der Waals surface area contributed by atoms with Gasteiger partial charge in [-0.2, -0.15) is 0 Å². The maximum atomic E-state index is 13.2. The van der Waals surface area contributed by atoms with Crippen molar-refractivity contribution in [3.63, 3.8) is 0 Å². The zero-order valence-corrected chi connectivity index (χ0v) is 16.4. The molecule has 1 aliphatic heterocycles. The van der Waals surface area contributed by atoms with Gasteiger partial charge in [-0.25, -0.2) is 0 Å². The SMILES string of the molecule is COc1ccc(C2CCN(C(=O)c3ccccc3C(=O)c3ccccc3)C2)cc1. The molecular formula is C25H23NO3. The fourth-order valence-corrected chi connectivity index (χ4v) is 3.88. The van der Waals surface area contributed by atoms with E-state index in [1.165, 1.54) is 5.56 Å². The van der Waals surface area contributed by atoms with Gasteiger partial charge in [0.15, 0.2) is 5.78 Å². The fourth-order valence-electron chi connectivity index (χ4n) is 3.88. The molecule has 1 heterocycles. The molecule has 0 radical (unpaired) electrons. The van der Waals surface area contributed by atoms with Crippen molar-refractivity contribution in [1.29, 1.82) is 0 Å². The quantitative estimate of drug-likeness (QED) is 0.605. The van der Waals surface area contributed by atoms with Crippen molar-refractivity contribution < 1.29 is 14.3 Å². The molecule has 0 spiro atoms. The molecule has 1 amide bonds. The van der Waals surface area contributed by atoms with Crippen LogP contribution < -0.4 is 4.74 Å². The Morgan fingerprint density at radius 3 is 2.21 bits per heavy atom. The fraction of sp³-hybridized carbons (Fsp3) is 0.200. The number of ether oxygens (including phenoxy) is 1. The predicted molar refractivity (Wildman–Crippen MR) is 113 cm³/mol. The van der Waals surface area contributed by atoms with Crippen molar-refractivity contribution in [2.75, 3.05) is 20.2 Å². The van der Waals surface area contributed by atoms with Gasteiger partial charge in [0.2, 0.25) is 0 Å². The lowest BCUT2D eigenvalue weighted by atomic mass is 9.97. The summed E-state index contributed by atoms with van der Waals surface area (Å²) in [6.07, 6.45) is 0.910. The zero-order valence-electron chi connectivity index (χ0n) is 16.4. The van der Waals surface area contributed by atoms with Crippen molar-refractivity contribution in [3.05, 3.63) is 101 Å². The highest BCUT2D eigenvalue weighted by Crippen LogP contribution is 2.30. The van der Waals surface area contributed by atoms with E-state index in [0.29, 0.717) is 35.7 Å². The molecule has 0 aliphatic carbocycles. The Bertz CT molecular complexity index is 1010. The maximum Gasteiger partial charge on any atom is 0.254 e. The average Bonchev–Trinajstić information content (AvgIpc) is 3.29. The van der Waals surface area contributed by atoms with Crippen LogP contribution in [0.1, 0.15) is 44.2 Å². The summed E-state index contributed by atoms with van der Waals surface area (Å²) in [6.45, 7) is 1.34. The van der Waals surface area contributed by atoms with Crippen molar-refractivity contribution in [2.45, 2.75) is 12.3 Å². The van der Waals surface area contributed by atoms with E-state index in [1.807, 2.05) is 41.3 Å². The molecule has 0 aromatic heterocycles. The van der Waals surface area contributed by atoms with Gasteiger partial charge in [-0.05, 0) is 30.2 Å². The van der Waals surface area contributed by atoms with Gasteiger partial charge in [-0.1, -0.05) is 60.7 Å². The third kappa shape index (κ3) is 3.92. The van der Waals surface area contributed by atoms with Gasteiger partial charge in [-0.3, -0.25) is 9.59 Å². The predicted octanol–water partition coefficient (Wildman–Crippen LogP) is 4.56. The summed E-state index contributed by atoms with van der Waals surface area (Å²) in [5.41, 5.74) is 2.72. The number of likely N-dealkylation sites (tertiary alicyclic amines) is 1. The summed E-state index contributed by atoms with van der Waals surface area (Å²) in [6, 6.07) is 24.2. The van der Waals surface area contributed by atoms with E-state index in [4.69, 9.17) is 4.74 Å². The van der Waals surface area contributed by atoms with Gasteiger partial charge in [0.25, 0.3) is 5.91 Å². The number of amides is 1. The molecule has 0 bridgehead atoms. The van der Waals surface area contributed by atoms with Crippen LogP contribution >= 0.6 is 0 Å². The van der Waals surface area contributed by atoms with Gasteiger partial charge in [0.05, 0.1) is 12.7 Å². The minimum Gasteiger partial charge on any atom is -0.497 e. The van der Waals surface area contributed by atoms with E-state index in [9.17, 15) is 9.59 Å². The molecule has 1 unspecified atom stereocenters. The van der Waals surface area contributed by atoms with Crippen LogP contribution in [0.4, 0.5) is 0 Å². The van der Waals surface area contributed by atoms with E-state index in [0.717, 1.165) is 12.2 Å². The number of hydrogen-bond donors (Lipinski definition) is 0. The number of ketones is 1. The highest BCUT2D eigenvalue weighted by Gasteiger charge is 2.30. The Morgan fingerprint density at radius 1 is 0.862 bits per heavy atom. The van der Waals surface area contributed by atoms with Crippen LogP contribution in [-0.4, -0.2) is 36.8 Å². The van der Waals surface area contributed by atoms with Crippen LogP contribution in [0, 0.1) is 0 Å². The molecule has 1 atom stereocenters. The molecule has 1 aliphatic rings. The van der Waals surface area contributed by atoms with Crippen LogP contribution in [0.3, 0.4) is 0 Å². The molecule has 29 heavy (non-hydrogen) atoms. The van der Waals surface area contributed by atoms with Gasteiger partial charge >= 0.3 is 0 Å². The number of hydrogen-bond acceptors (Lipinski definition) is 3. The summed E-state index contributed by atoms with van der Waals surface area (Å²) >= 11 is 0. The van der Waals surface area contributed by atoms with E-state index >= 15 is 0 Å². The van der Waals surface area contributed by atoms with Crippen LogP contribution in [0.2, 0.25) is 0 Å². The second-order valence-corrected chi connectivity index (χ2v) is 7.25. The van der Waals surface area contributed by atoms with Crippen LogP contribution in [0.15, 0.2) is 78.9 Å². The topological polar surface area (TPSA) is 46.6 Å². The van der Waals surface area contributed by atoms with Gasteiger partial charge in [0, 0.05) is 30.1 Å². The third-order valence-electron chi connectivity index (χ3n) is 5.50. The lowest BCUT2D eigenvalue weighted by Crippen LogP contribution is -2.30. The zero-order chi connectivity index (χ0) is 20.2. The van der Waals surface area contributed by atoms with E-state index < -0.39 is 0 Å².